The minimum Gasteiger partial charge on any atom is -0.487 e. The molecule has 0 radical (unpaired) electrons. The maximum absolute atomic E-state index is 13.5. The number of halogens is 3. The fourth-order valence-electron chi connectivity index (χ4n) is 1.64. The Hall–Kier alpha value is -1.95. The van der Waals surface area contributed by atoms with Crippen molar-refractivity contribution in [2.45, 2.75) is 6.61 Å². The number of aromatic carboxylic acids is 1. The van der Waals surface area contributed by atoms with E-state index in [0.717, 1.165) is 12.1 Å². The maximum Gasteiger partial charge on any atom is 0.339 e. The van der Waals surface area contributed by atoms with Crippen molar-refractivity contribution in [1.29, 1.82) is 0 Å². The second kappa shape index (κ2) is 6.00. The molecule has 0 aliphatic heterocycles. The molecule has 104 valence electrons. The molecule has 0 fully saturated rings. The first-order valence-corrected chi connectivity index (χ1v) is 6.37. The molecule has 0 saturated carbocycles. The summed E-state index contributed by atoms with van der Waals surface area (Å²) in [6, 6.07) is 7.93. The van der Waals surface area contributed by atoms with Gasteiger partial charge in [-0.1, -0.05) is 12.1 Å². The van der Waals surface area contributed by atoms with Crippen LogP contribution in [0.5, 0.6) is 5.75 Å². The summed E-state index contributed by atoms with van der Waals surface area (Å²) in [7, 11) is 0. The summed E-state index contributed by atoms with van der Waals surface area (Å²) in [4.78, 5) is 11.1. The lowest BCUT2D eigenvalue weighted by Crippen LogP contribution is -2.06. The largest absolute Gasteiger partial charge is 0.487 e. The smallest absolute Gasteiger partial charge is 0.339 e. The minimum atomic E-state index is -1.18. The van der Waals surface area contributed by atoms with Crippen LogP contribution in [-0.2, 0) is 6.61 Å². The van der Waals surface area contributed by atoms with E-state index in [9.17, 15) is 13.6 Å². The van der Waals surface area contributed by atoms with E-state index in [2.05, 4.69) is 15.9 Å². The van der Waals surface area contributed by atoms with Crippen LogP contribution in [0.1, 0.15) is 15.9 Å². The zero-order valence-corrected chi connectivity index (χ0v) is 11.7. The third kappa shape index (κ3) is 2.96. The van der Waals surface area contributed by atoms with Crippen molar-refractivity contribution in [3.05, 3.63) is 63.6 Å². The van der Waals surface area contributed by atoms with Crippen molar-refractivity contribution in [2.75, 3.05) is 0 Å². The zero-order valence-electron chi connectivity index (χ0n) is 10.1. The molecule has 0 unspecified atom stereocenters. The normalized spacial score (nSPS) is 10.3. The Bertz CT molecular complexity index is 639. The molecule has 6 heteroatoms. The zero-order chi connectivity index (χ0) is 14.7. The van der Waals surface area contributed by atoms with Gasteiger partial charge < -0.3 is 9.84 Å². The first kappa shape index (κ1) is 14.5. The molecule has 2 rings (SSSR count). The first-order chi connectivity index (χ1) is 9.50. The average Bonchev–Trinajstić information content (AvgIpc) is 2.39. The molecule has 1 N–H and O–H groups in total. The molecular formula is C14H9BrF2O3. The van der Waals surface area contributed by atoms with E-state index in [1.807, 2.05) is 0 Å². The number of benzene rings is 2. The van der Waals surface area contributed by atoms with Crippen LogP contribution >= 0.6 is 15.9 Å². The van der Waals surface area contributed by atoms with E-state index in [4.69, 9.17) is 9.84 Å². The number of hydrogen-bond donors (Lipinski definition) is 1. The van der Waals surface area contributed by atoms with Crippen LogP contribution in [0.3, 0.4) is 0 Å². The highest BCUT2D eigenvalue weighted by Crippen LogP contribution is 2.30. The number of carboxylic acid groups (broad SMARTS) is 1. The predicted molar refractivity (Wildman–Crippen MR) is 71.8 cm³/mol. The fourth-order valence-corrected chi connectivity index (χ4v) is 2.12. The van der Waals surface area contributed by atoms with Gasteiger partial charge in [-0.05, 0) is 40.2 Å². The van der Waals surface area contributed by atoms with Gasteiger partial charge in [-0.3, -0.25) is 0 Å². The number of ether oxygens (including phenoxy) is 1. The van der Waals surface area contributed by atoms with Gasteiger partial charge in [-0.2, -0.15) is 0 Å². The van der Waals surface area contributed by atoms with E-state index in [0.29, 0.717) is 4.47 Å². The highest BCUT2D eigenvalue weighted by Gasteiger charge is 2.16. The minimum absolute atomic E-state index is 0.0302. The van der Waals surface area contributed by atoms with Gasteiger partial charge in [0.15, 0.2) is 0 Å². The summed E-state index contributed by atoms with van der Waals surface area (Å²) in [6.07, 6.45) is 0. The quantitative estimate of drug-likeness (QED) is 0.913. The number of hydrogen-bond acceptors (Lipinski definition) is 2. The van der Waals surface area contributed by atoms with E-state index in [1.54, 1.807) is 6.07 Å². The van der Waals surface area contributed by atoms with Crippen molar-refractivity contribution in [3.63, 3.8) is 0 Å². The predicted octanol–water partition coefficient (Wildman–Crippen LogP) is 4.00. The van der Waals surface area contributed by atoms with Crippen LogP contribution < -0.4 is 4.74 Å². The molecule has 0 spiro atoms. The lowest BCUT2D eigenvalue weighted by Gasteiger charge is -2.12. The summed E-state index contributed by atoms with van der Waals surface area (Å²) in [5, 5.41) is 9.05. The van der Waals surface area contributed by atoms with Gasteiger partial charge in [-0.15, -0.1) is 0 Å². The molecule has 0 bridgehead atoms. The Kier molecular flexibility index (Phi) is 4.34. The fraction of sp³-hybridized carbons (Fsp3) is 0.0714. The van der Waals surface area contributed by atoms with Crippen LogP contribution in [-0.4, -0.2) is 11.1 Å². The highest BCUT2D eigenvalue weighted by atomic mass is 79.9. The van der Waals surface area contributed by atoms with E-state index in [1.165, 1.54) is 18.2 Å². The highest BCUT2D eigenvalue weighted by molar-refractivity contribution is 9.10. The number of para-hydroxylation sites is 1. The van der Waals surface area contributed by atoms with Gasteiger partial charge in [0, 0.05) is 0 Å². The second-order valence-corrected chi connectivity index (χ2v) is 4.76. The Morgan fingerprint density at radius 3 is 2.35 bits per heavy atom. The molecule has 20 heavy (non-hydrogen) atoms. The summed E-state index contributed by atoms with van der Waals surface area (Å²) >= 11 is 3.15. The van der Waals surface area contributed by atoms with E-state index < -0.39 is 24.2 Å². The average molecular weight is 343 g/mol. The van der Waals surface area contributed by atoms with Crippen LogP contribution in [0.25, 0.3) is 0 Å². The molecule has 0 aliphatic rings. The van der Waals surface area contributed by atoms with Crippen molar-refractivity contribution >= 4 is 21.9 Å². The molecule has 0 heterocycles. The number of carboxylic acids is 1. The van der Waals surface area contributed by atoms with Crippen LogP contribution in [0.4, 0.5) is 8.78 Å². The maximum atomic E-state index is 13.5. The van der Waals surface area contributed by atoms with Crippen LogP contribution in [0.2, 0.25) is 0 Å². The van der Waals surface area contributed by atoms with E-state index in [-0.39, 0.29) is 16.9 Å². The van der Waals surface area contributed by atoms with Gasteiger partial charge in [-0.25, -0.2) is 13.6 Å². The van der Waals surface area contributed by atoms with Gasteiger partial charge in [0.05, 0.1) is 10.0 Å². The molecule has 0 aliphatic carbocycles. The molecule has 2 aromatic carbocycles. The number of rotatable bonds is 4. The van der Waals surface area contributed by atoms with Crippen molar-refractivity contribution in [1.82, 2.24) is 0 Å². The van der Waals surface area contributed by atoms with Crippen molar-refractivity contribution in [2.24, 2.45) is 0 Å². The van der Waals surface area contributed by atoms with Crippen molar-refractivity contribution < 1.29 is 23.4 Å². The Labute approximate surface area is 121 Å². The van der Waals surface area contributed by atoms with Crippen LogP contribution in [0, 0.1) is 11.6 Å². The molecule has 0 amide bonds. The van der Waals surface area contributed by atoms with Gasteiger partial charge >= 0.3 is 5.97 Å². The lowest BCUT2D eigenvalue weighted by atomic mass is 10.2. The number of carbonyl (C=O) groups is 1. The van der Waals surface area contributed by atoms with Crippen molar-refractivity contribution in [3.8, 4) is 5.75 Å². The molecule has 3 nitrogen and oxygen atoms in total. The Balaban J connectivity index is 2.30. The summed E-state index contributed by atoms with van der Waals surface area (Å²) in [5.74, 6) is -2.64. The van der Waals surface area contributed by atoms with Gasteiger partial charge in [0.25, 0.3) is 0 Å². The second-order valence-electron chi connectivity index (χ2n) is 3.91. The molecule has 2 aromatic rings. The Morgan fingerprint density at radius 2 is 1.75 bits per heavy atom. The molecular weight excluding hydrogens is 334 g/mol. The standard InChI is InChI=1S/C14H9BrF2O3/c15-10-4-1-3-8(14(18)19)13(10)20-7-9-11(16)5-2-6-12(9)17/h1-6H,7H2,(H,18,19). The Morgan fingerprint density at radius 1 is 1.15 bits per heavy atom. The van der Waals surface area contributed by atoms with E-state index >= 15 is 0 Å². The third-order valence-corrected chi connectivity index (χ3v) is 3.24. The summed E-state index contributed by atoms with van der Waals surface area (Å²) in [5.41, 5.74) is -0.337. The third-order valence-electron chi connectivity index (χ3n) is 2.62. The molecule has 0 saturated heterocycles. The lowest BCUT2D eigenvalue weighted by molar-refractivity contribution is 0.0691. The monoisotopic (exact) mass is 342 g/mol. The summed E-state index contributed by atoms with van der Waals surface area (Å²) < 4.78 is 32.6. The van der Waals surface area contributed by atoms with Gasteiger partial charge in [0.1, 0.15) is 29.6 Å². The first-order valence-electron chi connectivity index (χ1n) is 5.58. The summed E-state index contributed by atoms with van der Waals surface area (Å²) in [6.45, 7) is -0.401. The van der Waals surface area contributed by atoms with Crippen LogP contribution in [0.15, 0.2) is 40.9 Å². The molecule has 0 atom stereocenters. The SMILES string of the molecule is O=C(O)c1cccc(Br)c1OCc1c(F)cccc1F. The van der Waals surface area contributed by atoms with Gasteiger partial charge in [0.2, 0.25) is 0 Å². The topological polar surface area (TPSA) is 46.5 Å². The molecule has 0 aromatic heterocycles.